The van der Waals surface area contributed by atoms with Crippen molar-refractivity contribution in [3.8, 4) is 5.75 Å². The molecule has 120 valence electrons. The highest BCUT2D eigenvalue weighted by Crippen LogP contribution is 2.22. The molecule has 1 N–H and O–H groups in total. The molecule has 0 unspecified atom stereocenters. The van der Waals surface area contributed by atoms with Crippen LogP contribution in [0.5, 0.6) is 5.75 Å². The fourth-order valence-electron chi connectivity index (χ4n) is 2.14. The van der Waals surface area contributed by atoms with Crippen LogP contribution in [0, 0.1) is 0 Å². The fraction of sp³-hybridized carbons (Fsp3) is 0.176. The molecule has 0 aliphatic carbocycles. The summed E-state index contributed by atoms with van der Waals surface area (Å²) in [4.78, 5) is 23.4. The average molecular weight is 377 g/mol. The van der Waals surface area contributed by atoms with Crippen LogP contribution in [0.25, 0.3) is 0 Å². The predicted molar refractivity (Wildman–Crippen MR) is 87.0 cm³/mol. The lowest BCUT2D eigenvalue weighted by molar-refractivity contribution is -0.306. The molecule has 0 fully saturated rings. The number of benzene rings is 2. The number of carbonyl (C=O) groups is 2. The summed E-state index contributed by atoms with van der Waals surface area (Å²) in [5.41, 5.74) is 1.10. The minimum absolute atomic E-state index is 0.317. The van der Waals surface area contributed by atoms with Crippen molar-refractivity contribution >= 4 is 27.8 Å². The van der Waals surface area contributed by atoms with E-state index in [1.807, 2.05) is 0 Å². The fourth-order valence-corrected chi connectivity index (χ4v) is 2.60. The molecule has 0 heterocycles. The molecule has 6 heteroatoms. The van der Waals surface area contributed by atoms with Crippen molar-refractivity contribution in [3.05, 3.63) is 64.1 Å². The third-order valence-electron chi connectivity index (χ3n) is 3.31. The Morgan fingerprint density at radius 1 is 1.17 bits per heavy atom. The van der Waals surface area contributed by atoms with E-state index in [0.29, 0.717) is 21.3 Å². The van der Waals surface area contributed by atoms with Crippen molar-refractivity contribution in [2.24, 2.45) is 0 Å². The van der Waals surface area contributed by atoms with Crippen LogP contribution >= 0.6 is 15.9 Å². The van der Waals surface area contributed by atoms with Gasteiger partial charge in [-0.1, -0.05) is 24.3 Å². The number of aliphatic carboxylic acids is 1. The molecule has 0 aliphatic rings. The highest BCUT2D eigenvalue weighted by Gasteiger charge is 2.17. The first-order chi connectivity index (χ1) is 11.0. The number of carbonyl (C=O) groups excluding carboxylic acids is 2. The van der Waals surface area contributed by atoms with E-state index in [1.54, 1.807) is 55.6 Å². The molecule has 2 aromatic rings. The Balaban J connectivity index is 2.23. The maximum atomic E-state index is 12.4. The van der Waals surface area contributed by atoms with E-state index < -0.39 is 12.0 Å². The number of ether oxygens (including phenoxy) is 1. The lowest BCUT2D eigenvalue weighted by Gasteiger charge is -2.20. The molecule has 1 amide bonds. The highest BCUT2D eigenvalue weighted by molar-refractivity contribution is 9.10. The van der Waals surface area contributed by atoms with Crippen LogP contribution in [0.15, 0.2) is 53.0 Å². The maximum absolute atomic E-state index is 12.4. The summed E-state index contributed by atoms with van der Waals surface area (Å²) in [6, 6.07) is 13.1. The van der Waals surface area contributed by atoms with Crippen molar-refractivity contribution < 1.29 is 19.4 Å². The Morgan fingerprint density at radius 2 is 1.83 bits per heavy atom. The first-order valence-corrected chi connectivity index (χ1v) is 7.69. The molecule has 0 saturated carbocycles. The van der Waals surface area contributed by atoms with Gasteiger partial charge in [-0.15, -0.1) is 0 Å². The number of methoxy groups -OCH3 is 1. The van der Waals surface area contributed by atoms with Crippen LogP contribution < -0.4 is 15.2 Å². The Bertz CT molecular complexity index is 700. The van der Waals surface area contributed by atoms with Crippen LogP contribution in [-0.2, 0) is 4.79 Å². The van der Waals surface area contributed by atoms with Crippen molar-refractivity contribution in [1.82, 2.24) is 5.32 Å². The van der Waals surface area contributed by atoms with Gasteiger partial charge in [-0.05, 0) is 45.8 Å². The Morgan fingerprint density at radius 3 is 2.39 bits per heavy atom. The molecule has 0 spiro atoms. The number of hydrogen-bond acceptors (Lipinski definition) is 4. The minimum Gasteiger partial charge on any atom is -0.550 e. The summed E-state index contributed by atoms with van der Waals surface area (Å²) >= 11 is 3.31. The van der Waals surface area contributed by atoms with E-state index in [-0.39, 0.29) is 12.3 Å². The van der Waals surface area contributed by atoms with Crippen LogP contribution in [0.2, 0.25) is 0 Å². The van der Waals surface area contributed by atoms with Crippen molar-refractivity contribution in [1.29, 1.82) is 0 Å². The van der Waals surface area contributed by atoms with E-state index in [9.17, 15) is 14.7 Å². The number of hydrogen-bond donors (Lipinski definition) is 1. The second kappa shape index (κ2) is 7.78. The molecule has 0 bridgehead atoms. The maximum Gasteiger partial charge on any atom is 0.252 e. The summed E-state index contributed by atoms with van der Waals surface area (Å²) in [6.07, 6.45) is -0.317. The molecule has 5 nitrogen and oxygen atoms in total. The normalized spacial score (nSPS) is 11.6. The van der Waals surface area contributed by atoms with Gasteiger partial charge < -0.3 is 20.0 Å². The number of amides is 1. The second-order valence-corrected chi connectivity index (χ2v) is 5.71. The number of nitrogens with one attached hydrogen (secondary N) is 1. The van der Waals surface area contributed by atoms with Gasteiger partial charge in [0.1, 0.15) is 5.75 Å². The molecular weight excluding hydrogens is 362 g/mol. The average Bonchev–Trinajstić information content (AvgIpc) is 2.54. The quantitative estimate of drug-likeness (QED) is 0.836. The Kier molecular flexibility index (Phi) is 5.76. The van der Waals surface area contributed by atoms with Crippen LogP contribution in [0.1, 0.15) is 28.4 Å². The van der Waals surface area contributed by atoms with Crippen molar-refractivity contribution in [2.45, 2.75) is 12.5 Å². The summed E-state index contributed by atoms with van der Waals surface area (Å²) in [7, 11) is 1.54. The van der Waals surface area contributed by atoms with Gasteiger partial charge in [0.2, 0.25) is 0 Å². The number of halogens is 1. The van der Waals surface area contributed by atoms with E-state index in [4.69, 9.17) is 4.74 Å². The zero-order valence-corrected chi connectivity index (χ0v) is 14.0. The third-order valence-corrected chi connectivity index (χ3v) is 4.00. The molecule has 0 aromatic heterocycles. The summed E-state index contributed by atoms with van der Waals surface area (Å²) < 4.78 is 5.71. The topological polar surface area (TPSA) is 78.5 Å². The first-order valence-electron chi connectivity index (χ1n) is 6.90. The molecule has 0 aliphatic heterocycles. The summed E-state index contributed by atoms with van der Waals surface area (Å²) in [6.45, 7) is 0. The second-order valence-electron chi connectivity index (χ2n) is 4.86. The van der Waals surface area contributed by atoms with E-state index >= 15 is 0 Å². The molecule has 2 rings (SSSR count). The summed E-state index contributed by atoms with van der Waals surface area (Å²) in [5.74, 6) is -0.948. The van der Waals surface area contributed by atoms with E-state index in [0.717, 1.165) is 0 Å². The van der Waals surface area contributed by atoms with Gasteiger partial charge in [0.15, 0.2) is 0 Å². The number of carboxylic acid groups (broad SMARTS) is 1. The molecule has 0 radical (unpaired) electrons. The van der Waals surface area contributed by atoms with Gasteiger partial charge in [-0.2, -0.15) is 0 Å². The molecule has 2 aromatic carbocycles. The molecular formula is C17H15BrNO4-. The lowest BCUT2D eigenvalue weighted by Crippen LogP contribution is -2.34. The SMILES string of the molecule is COc1ccc([C@@H](CC(=O)[O-])NC(=O)c2ccccc2Br)cc1. The number of carboxylic acids is 1. The van der Waals surface area contributed by atoms with Gasteiger partial charge >= 0.3 is 0 Å². The van der Waals surface area contributed by atoms with E-state index in [1.165, 1.54) is 0 Å². The van der Waals surface area contributed by atoms with E-state index in [2.05, 4.69) is 21.2 Å². The largest absolute Gasteiger partial charge is 0.550 e. The molecule has 23 heavy (non-hydrogen) atoms. The predicted octanol–water partition coefficient (Wildman–Crippen LogP) is 2.07. The zero-order valence-electron chi connectivity index (χ0n) is 12.4. The van der Waals surface area contributed by atoms with Crippen molar-refractivity contribution in [2.75, 3.05) is 7.11 Å². The van der Waals surface area contributed by atoms with Gasteiger partial charge in [-0.3, -0.25) is 4.79 Å². The van der Waals surface area contributed by atoms with Gasteiger partial charge in [0.25, 0.3) is 5.91 Å². The van der Waals surface area contributed by atoms with Crippen molar-refractivity contribution in [3.63, 3.8) is 0 Å². The molecule has 1 atom stereocenters. The molecule has 0 saturated heterocycles. The summed E-state index contributed by atoms with van der Waals surface area (Å²) in [5, 5.41) is 13.7. The van der Waals surface area contributed by atoms with Gasteiger partial charge in [0, 0.05) is 16.9 Å². The minimum atomic E-state index is -1.24. The number of rotatable bonds is 6. The third kappa shape index (κ3) is 4.56. The van der Waals surface area contributed by atoms with Crippen LogP contribution in [0.4, 0.5) is 0 Å². The first kappa shape index (κ1) is 17.0. The Hall–Kier alpha value is -2.34. The lowest BCUT2D eigenvalue weighted by atomic mass is 10.0. The smallest absolute Gasteiger partial charge is 0.252 e. The van der Waals surface area contributed by atoms with Gasteiger partial charge in [-0.25, -0.2) is 0 Å². The van der Waals surface area contributed by atoms with Gasteiger partial charge in [0.05, 0.1) is 18.7 Å². The monoisotopic (exact) mass is 376 g/mol. The van der Waals surface area contributed by atoms with Crippen LogP contribution in [-0.4, -0.2) is 19.0 Å². The Labute approximate surface area is 142 Å². The van der Waals surface area contributed by atoms with Crippen LogP contribution in [0.3, 0.4) is 0 Å². The standard InChI is InChI=1S/C17H16BrNO4/c1-23-12-8-6-11(7-9-12)15(10-16(20)21)19-17(22)13-4-2-3-5-14(13)18/h2-9,15H,10H2,1H3,(H,19,22)(H,20,21)/p-1/t15-/m1/s1. The zero-order chi connectivity index (χ0) is 16.8. The highest BCUT2D eigenvalue weighted by atomic mass is 79.9.